The molecule has 5 aliphatic heterocycles. The molecule has 137 heavy (non-hydrogen) atoms. The van der Waals surface area contributed by atoms with Crippen molar-refractivity contribution < 1.29 is 69.4 Å². The molecule has 702 valence electrons. The van der Waals surface area contributed by atoms with Crippen LogP contribution in [0.1, 0.15) is 111 Å². The molecule has 2 amide bonds. The summed E-state index contributed by atoms with van der Waals surface area (Å²) < 4.78 is 38.3. The van der Waals surface area contributed by atoms with Crippen LogP contribution in [0.15, 0.2) is 301 Å². The third-order valence-corrected chi connectivity index (χ3v) is 26.0. The van der Waals surface area contributed by atoms with Gasteiger partial charge in [-0.05, 0) is 159 Å². The number of rotatable bonds is 11. The Morgan fingerprint density at radius 2 is 0.569 bits per heavy atom. The summed E-state index contributed by atoms with van der Waals surface area (Å²) in [6, 6.07) is 61.4. The van der Waals surface area contributed by atoms with Gasteiger partial charge >= 0.3 is 12.2 Å². The van der Waals surface area contributed by atoms with Crippen molar-refractivity contribution in [3.8, 4) is 55.6 Å². The van der Waals surface area contributed by atoms with E-state index < -0.39 is 12.2 Å². The first-order chi connectivity index (χ1) is 66.0. The molecule has 5 atom stereocenters. The maximum atomic E-state index is 12.2. The minimum absolute atomic E-state index is 0. The average molecular weight is 1950 g/mol. The Hall–Kier alpha value is -14.9. The Kier molecular flexibility index (Phi) is 30.3. The van der Waals surface area contributed by atoms with Crippen molar-refractivity contribution >= 4 is 59.7 Å². The maximum Gasteiger partial charge on any atom is 0.415 e. The molecule has 3 unspecified atom stereocenters. The number of alkyl halides is 1. The van der Waals surface area contributed by atoms with Crippen LogP contribution in [0, 0.1) is 7.43 Å². The Morgan fingerprint density at radius 3 is 0.810 bits per heavy atom. The Morgan fingerprint density at radius 1 is 0.328 bits per heavy atom. The zero-order valence-corrected chi connectivity index (χ0v) is 77.8. The number of carbonyl (C=O) groups is 3. The molecule has 0 radical (unpaired) electrons. The van der Waals surface area contributed by atoms with Gasteiger partial charge in [0.15, 0.2) is 5.78 Å². The second kappa shape index (κ2) is 43.6. The molecule has 10 aliphatic rings. The number of Topliss-reactive ketones (excluding diaryl/α,β-unsaturated/α-hetero) is 1. The first-order valence-corrected chi connectivity index (χ1v) is 45.4. The monoisotopic (exact) mass is 1950 g/mol. The number of aromatic nitrogens is 10. The van der Waals surface area contributed by atoms with E-state index in [9.17, 15) is 14.4 Å². The number of nitrogens with one attached hydrogen (secondary N) is 2. The Labute approximate surface area is 813 Å². The zero-order chi connectivity index (χ0) is 92.5. The van der Waals surface area contributed by atoms with Gasteiger partial charge < -0.3 is 57.8 Å². The minimum atomic E-state index is -0.571. The molecule has 5 aliphatic carbocycles. The fraction of sp³-hybridized carbons (Fsp3) is 0.267. The van der Waals surface area contributed by atoms with E-state index in [4.69, 9.17) is 71.9 Å². The Bertz CT molecular complexity index is 6110. The van der Waals surface area contributed by atoms with Gasteiger partial charge in [0.1, 0.15) is 106 Å². The largest absolute Gasteiger partial charge is 0.463 e. The standard InChI is InChI=1S/2C24H22N4O3.3C16H16N4O.C8H7ClO.CH3.Pd.H2/c2*29-23(30-14-17-5-2-1-3-6-17)27-22-28-24(15-31-22)10-9-18-7-4-8-20(21(18)11-24)19-12-25-16-26-13-19;3*17-15-20-16(9-21-15)5-4-11-2-1-3-13(14(11)6-16)12-7-18-10-19-8-12;9-6-8(10)7-4-2-1-3-5-7;;;/h2*1-8,12-13,16H,9-11,14-15H2,(H,27,28,29);3*1-3,7-8,10H,4-6,9H2,(H2,17,20);1-5H,6H2;1H3;;1H/q;;;;;;-1;;/t;;2*16-;;;;;/m..10...../s1. The number of nitrogens with zero attached hydrogens (tertiary/aromatic N) is 15. The number of amides is 2. The minimum Gasteiger partial charge on any atom is -0.463 e. The molecule has 0 fully saturated rings. The van der Waals surface area contributed by atoms with E-state index in [1.54, 1.807) is 31.1 Å². The van der Waals surface area contributed by atoms with Crippen molar-refractivity contribution in [2.45, 2.75) is 137 Å². The van der Waals surface area contributed by atoms with E-state index in [1.807, 2.05) is 141 Å². The molecule has 32 heteroatoms. The van der Waals surface area contributed by atoms with Crippen LogP contribution in [0.2, 0.25) is 0 Å². The number of hydrogen-bond acceptors (Lipinski definition) is 28. The van der Waals surface area contributed by atoms with Crippen LogP contribution in [-0.2, 0) is 131 Å². The molecule has 30 nitrogen and oxygen atoms in total. The van der Waals surface area contributed by atoms with Crippen molar-refractivity contribution in [3.63, 3.8) is 0 Å². The topological polar surface area (TPSA) is 409 Å². The van der Waals surface area contributed by atoms with E-state index in [-0.39, 0.29) is 93.9 Å². The van der Waals surface area contributed by atoms with Crippen molar-refractivity contribution in [1.29, 1.82) is 0 Å². The third-order valence-electron chi connectivity index (χ3n) is 25.8. The summed E-state index contributed by atoms with van der Waals surface area (Å²) in [5, 5.41) is 5.28. The van der Waals surface area contributed by atoms with E-state index >= 15 is 0 Å². The summed E-state index contributed by atoms with van der Waals surface area (Å²) in [5.41, 5.74) is 42.4. The number of carbonyl (C=O) groups excluding carboxylic acids is 3. The quantitative estimate of drug-likeness (QED) is 0.0347. The predicted octanol–water partition coefficient (Wildman–Crippen LogP) is 15.3. The van der Waals surface area contributed by atoms with Gasteiger partial charge in [0, 0.05) is 149 Å². The number of ketones is 1. The fourth-order valence-corrected chi connectivity index (χ4v) is 19.1. The number of ether oxygens (including phenoxy) is 7. The normalized spacial score (nSPS) is 20.2. The number of alkyl carbamates (subject to hydrolysis) is 2. The molecular formula is C105H104ClN20O10Pd-. The summed E-state index contributed by atoms with van der Waals surface area (Å²) in [6.07, 6.45) is 38.5. The van der Waals surface area contributed by atoms with Crippen molar-refractivity contribution in [2.24, 2.45) is 42.2 Å². The van der Waals surface area contributed by atoms with Crippen LogP contribution in [0.4, 0.5) is 9.59 Å². The van der Waals surface area contributed by atoms with Gasteiger partial charge in [0.25, 0.3) is 30.1 Å². The molecule has 0 bridgehead atoms. The van der Waals surface area contributed by atoms with Gasteiger partial charge in [0.2, 0.25) is 0 Å². The van der Waals surface area contributed by atoms with E-state index in [0.29, 0.717) is 56.7 Å². The van der Waals surface area contributed by atoms with Crippen LogP contribution in [0.3, 0.4) is 0 Å². The van der Waals surface area contributed by atoms with Crippen molar-refractivity contribution in [2.75, 3.05) is 38.9 Å². The predicted molar refractivity (Wildman–Crippen MR) is 520 cm³/mol. The molecule has 23 rings (SSSR count). The van der Waals surface area contributed by atoms with E-state index in [1.165, 1.54) is 85.0 Å². The summed E-state index contributed by atoms with van der Waals surface area (Å²) in [5.74, 6) is 0.0339. The first-order valence-electron chi connectivity index (χ1n) is 44.8. The SMILES string of the molecule is NC1=NC2(CCc3cccc(-c4cncnc4)c3C2)CO1.NC1=N[C@@]2(CCc3cccc(-c4cncnc4)c3C2)CO1.NC1=N[C@]2(CCc3cccc(-c4cncnc4)c3C2)CO1.O=C(CCl)c1ccccc1.O=C(NC1=NC2(CCc3cccc(-c4cncnc4)c3C2)CO1)OCc1ccccc1.O=C(NC1=NC2(CCc3cccc(-c4cncnc4)c3C2)CO1)OCc1ccccc1.[CH3-].[HH].[Pd]. The van der Waals surface area contributed by atoms with E-state index in [0.717, 1.165) is 146 Å². The third kappa shape index (κ3) is 23.0. The Balaban J connectivity index is 0.000000128. The molecule has 5 aromatic heterocycles. The molecule has 5 spiro atoms. The van der Waals surface area contributed by atoms with Crippen LogP contribution >= 0.6 is 11.6 Å². The smallest absolute Gasteiger partial charge is 0.415 e. The molecule has 0 saturated heterocycles. The maximum absolute atomic E-state index is 12.2. The summed E-state index contributed by atoms with van der Waals surface area (Å²) in [6.45, 7) is 3.00. The van der Waals surface area contributed by atoms with Crippen LogP contribution < -0.4 is 27.8 Å². The second-order valence-electron chi connectivity index (χ2n) is 34.8. The molecule has 8 N–H and O–H groups in total. The van der Waals surface area contributed by atoms with Gasteiger partial charge in [-0.3, -0.25) is 4.79 Å². The fourth-order valence-electron chi connectivity index (χ4n) is 19.0. The number of halogens is 1. The van der Waals surface area contributed by atoms with Crippen LogP contribution in [-0.4, -0.2) is 165 Å². The summed E-state index contributed by atoms with van der Waals surface area (Å²) in [7, 11) is 0. The number of nitrogens with two attached hydrogens (primary N) is 3. The van der Waals surface area contributed by atoms with Gasteiger partial charge in [-0.25, -0.2) is 95.0 Å². The number of benzene rings is 8. The van der Waals surface area contributed by atoms with E-state index in [2.05, 4.69) is 166 Å². The van der Waals surface area contributed by atoms with Crippen molar-refractivity contribution in [1.82, 2.24) is 60.5 Å². The number of aliphatic imine (C=N–C) groups is 5. The first kappa shape index (κ1) is 95.2. The summed E-state index contributed by atoms with van der Waals surface area (Å²) >= 11 is 5.34. The molecule has 0 saturated carbocycles. The molecule has 13 aromatic rings. The van der Waals surface area contributed by atoms with Crippen molar-refractivity contribution in [3.05, 3.63) is 355 Å². The van der Waals surface area contributed by atoms with Gasteiger partial charge in [0.05, 0.1) is 5.88 Å². The number of fused-ring (bicyclic) bond motifs is 5. The van der Waals surface area contributed by atoms with Gasteiger partial charge in [-0.15, -0.1) is 11.6 Å². The van der Waals surface area contributed by atoms with Gasteiger partial charge in [-0.1, -0.05) is 182 Å². The molecule has 10 heterocycles. The molecular weight excluding hydrogens is 1840 g/mol. The summed E-state index contributed by atoms with van der Waals surface area (Å²) in [4.78, 5) is 99.8. The number of hydrogen-bond donors (Lipinski definition) is 5. The van der Waals surface area contributed by atoms with Crippen LogP contribution in [0.25, 0.3) is 55.6 Å². The zero-order valence-electron chi connectivity index (χ0n) is 75.5. The molecule has 8 aromatic carbocycles. The van der Waals surface area contributed by atoms with Crippen LogP contribution in [0.5, 0.6) is 0 Å². The van der Waals surface area contributed by atoms with Gasteiger partial charge in [-0.2, -0.15) is 0 Å². The number of aryl methyl sites for hydroxylation is 5. The second-order valence-corrected chi connectivity index (χ2v) is 35.0. The number of amidine groups is 5. The average Bonchev–Trinajstić information content (AvgIpc) is 1.55.